The molecule has 0 unspecified atom stereocenters. The maximum Gasteiger partial charge on any atom is 0.262 e. The summed E-state index contributed by atoms with van der Waals surface area (Å²) in [7, 11) is 0. The topological polar surface area (TPSA) is 90.7 Å². The number of ether oxygens (including phenoxy) is 1. The Labute approximate surface area is 162 Å². The van der Waals surface area contributed by atoms with Crippen LogP contribution in [0.15, 0.2) is 48.5 Å². The van der Waals surface area contributed by atoms with E-state index in [1.807, 2.05) is 13.0 Å². The van der Waals surface area contributed by atoms with Crippen LogP contribution in [0.3, 0.4) is 0 Å². The first-order valence-corrected chi connectivity index (χ1v) is 8.92. The number of anilines is 1. The summed E-state index contributed by atoms with van der Waals surface area (Å²) in [6.07, 6.45) is 0.126. The summed E-state index contributed by atoms with van der Waals surface area (Å²) in [4.78, 5) is 40.2. The third-order valence-electron chi connectivity index (χ3n) is 4.38. The molecular formula is C21H19N3O4. The molecule has 1 aliphatic rings. The van der Waals surface area contributed by atoms with Crippen molar-refractivity contribution in [1.82, 2.24) is 4.90 Å². The van der Waals surface area contributed by atoms with Crippen molar-refractivity contribution in [3.8, 4) is 11.8 Å². The average molecular weight is 377 g/mol. The Kier molecular flexibility index (Phi) is 5.70. The van der Waals surface area contributed by atoms with Crippen molar-refractivity contribution < 1.29 is 19.1 Å². The van der Waals surface area contributed by atoms with Crippen molar-refractivity contribution in [3.63, 3.8) is 0 Å². The van der Waals surface area contributed by atoms with E-state index in [-0.39, 0.29) is 19.5 Å². The molecule has 7 heteroatoms. The number of amides is 3. The van der Waals surface area contributed by atoms with Crippen LogP contribution in [0.5, 0.6) is 5.75 Å². The smallest absolute Gasteiger partial charge is 0.262 e. The standard InChI is InChI=1S/C21H19N3O4/c1-2-28-16-10-8-15(9-11-16)23(13-5-12-22)19(25)14-24-20(26)17-6-3-4-7-18(17)21(24)27/h3-4,6-11H,2,5,13-14H2,1H3. The molecule has 3 amide bonds. The largest absolute Gasteiger partial charge is 0.494 e. The maximum absolute atomic E-state index is 12.9. The molecule has 0 saturated carbocycles. The predicted molar refractivity (Wildman–Crippen MR) is 102 cm³/mol. The van der Waals surface area contributed by atoms with Gasteiger partial charge in [0, 0.05) is 12.2 Å². The Morgan fingerprint density at radius 2 is 1.68 bits per heavy atom. The molecular weight excluding hydrogens is 358 g/mol. The van der Waals surface area contributed by atoms with E-state index >= 15 is 0 Å². The van der Waals surface area contributed by atoms with Gasteiger partial charge in [-0.3, -0.25) is 19.3 Å². The molecule has 3 rings (SSSR count). The molecule has 0 saturated heterocycles. The zero-order chi connectivity index (χ0) is 20.1. The number of imide groups is 1. The second-order valence-electron chi connectivity index (χ2n) is 6.12. The van der Waals surface area contributed by atoms with Crippen LogP contribution in [0.2, 0.25) is 0 Å². The minimum absolute atomic E-state index is 0.126. The van der Waals surface area contributed by atoms with Gasteiger partial charge in [0.1, 0.15) is 12.3 Å². The van der Waals surface area contributed by atoms with E-state index in [0.717, 1.165) is 4.90 Å². The molecule has 2 aromatic carbocycles. The van der Waals surface area contributed by atoms with Crippen LogP contribution in [0, 0.1) is 11.3 Å². The number of hydrogen-bond donors (Lipinski definition) is 0. The van der Waals surface area contributed by atoms with E-state index in [1.54, 1.807) is 48.5 Å². The first kappa shape index (κ1) is 19.1. The van der Waals surface area contributed by atoms with E-state index < -0.39 is 17.7 Å². The highest BCUT2D eigenvalue weighted by molar-refractivity contribution is 6.22. The third-order valence-corrected chi connectivity index (χ3v) is 4.38. The maximum atomic E-state index is 12.9. The fourth-order valence-corrected chi connectivity index (χ4v) is 3.05. The summed E-state index contributed by atoms with van der Waals surface area (Å²) in [5.41, 5.74) is 1.16. The number of carbonyl (C=O) groups is 3. The molecule has 0 spiro atoms. The second kappa shape index (κ2) is 8.35. The van der Waals surface area contributed by atoms with Crippen molar-refractivity contribution in [2.24, 2.45) is 0 Å². The van der Waals surface area contributed by atoms with E-state index in [9.17, 15) is 14.4 Å². The van der Waals surface area contributed by atoms with Crippen LogP contribution in [0.1, 0.15) is 34.1 Å². The van der Waals surface area contributed by atoms with E-state index in [4.69, 9.17) is 10.00 Å². The molecule has 1 heterocycles. The van der Waals surface area contributed by atoms with Gasteiger partial charge in [-0.1, -0.05) is 12.1 Å². The van der Waals surface area contributed by atoms with Gasteiger partial charge in [0.15, 0.2) is 0 Å². The van der Waals surface area contributed by atoms with Gasteiger partial charge < -0.3 is 9.64 Å². The number of nitriles is 1. The molecule has 0 radical (unpaired) electrons. The molecule has 7 nitrogen and oxygen atoms in total. The number of benzene rings is 2. The number of carbonyl (C=O) groups excluding carboxylic acids is 3. The van der Waals surface area contributed by atoms with Gasteiger partial charge in [-0.2, -0.15) is 5.26 Å². The van der Waals surface area contributed by atoms with E-state index in [0.29, 0.717) is 29.2 Å². The van der Waals surface area contributed by atoms with Gasteiger partial charge in [0.05, 0.1) is 30.2 Å². The summed E-state index contributed by atoms with van der Waals surface area (Å²) >= 11 is 0. The van der Waals surface area contributed by atoms with Gasteiger partial charge in [-0.15, -0.1) is 0 Å². The Bertz CT molecular complexity index is 912. The minimum Gasteiger partial charge on any atom is -0.494 e. The van der Waals surface area contributed by atoms with Crippen molar-refractivity contribution in [3.05, 3.63) is 59.7 Å². The van der Waals surface area contributed by atoms with Crippen molar-refractivity contribution in [2.75, 3.05) is 24.6 Å². The molecule has 0 atom stereocenters. The summed E-state index contributed by atoms with van der Waals surface area (Å²) < 4.78 is 5.40. The number of fused-ring (bicyclic) bond motifs is 1. The molecule has 0 N–H and O–H groups in total. The summed E-state index contributed by atoms with van der Waals surface area (Å²) in [6, 6.07) is 15.4. The average Bonchev–Trinajstić information content (AvgIpc) is 2.95. The zero-order valence-corrected chi connectivity index (χ0v) is 15.4. The Morgan fingerprint density at radius 1 is 1.07 bits per heavy atom. The van der Waals surface area contributed by atoms with E-state index in [1.165, 1.54) is 4.90 Å². The fraction of sp³-hybridized carbons (Fsp3) is 0.238. The van der Waals surface area contributed by atoms with Crippen molar-refractivity contribution in [1.29, 1.82) is 5.26 Å². The SMILES string of the molecule is CCOc1ccc(N(CCC#N)C(=O)CN2C(=O)c3ccccc3C2=O)cc1. The van der Waals surface area contributed by atoms with Gasteiger partial charge >= 0.3 is 0 Å². The zero-order valence-electron chi connectivity index (χ0n) is 15.4. The predicted octanol–water partition coefficient (Wildman–Crippen LogP) is 2.63. The van der Waals surface area contributed by atoms with Crippen molar-refractivity contribution in [2.45, 2.75) is 13.3 Å². The molecule has 2 aromatic rings. The molecule has 28 heavy (non-hydrogen) atoms. The molecule has 0 aliphatic carbocycles. The minimum atomic E-state index is -0.485. The summed E-state index contributed by atoms with van der Waals surface area (Å²) in [5, 5.41) is 8.92. The lowest BCUT2D eigenvalue weighted by atomic mass is 10.1. The third kappa shape index (κ3) is 3.71. The summed E-state index contributed by atoms with van der Waals surface area (Å²) in [6.45, 7) is 2.17. The Balaban J connectivity index is 1.80. The molecule has 0 aromatic heterocycles. The molecule has 1 aliphatic heterocycles. The first-order valence-electron chi connectivity index (χ1n) is 8.92. The van der Waals surface area contributed by atoms with Gasteiger partial charge in [0.25, 0.3) is 11.8 Å². The quantitative estimate of drug-likeness (QED) is 0.692. The summed E-state index contributed by atoms with van der Waals surface area (Å²) in [5.74, 6) is -0.741. The molecule has 0 fully saturated rings. The highest BCUT2D eigenvalue weighted by atomic mass is 16.5. The second-order valence-corrected chi connectivity index (χ2v) is 6.12. The van der Waals surface area contributed by atoms with Crippen LogP contribution in [-0.4, -0.2) is 42.3 Å². The van der Waals surface area contributed by atoms with Crippen LogP contribution < -0.4 is 9.64 Å². The molecule has 0 bridgehead atoms. The Hall–Kier alpha value is -3.66. The van der Waals surface area contributed by atoms with Gasteiger partial charge in [-0.25, -0.2) is 0 Å². The van der Waals surface area contributed by atoms with Crippen molar-refractivity contribution >= 4 is 23.4 Å². The van der Waals surface area contributed by atoms with E-state index in [2.05, 4.69) is 0 Å². The normalized spacial score (nSPS) is 12.5. The lowest BCUT2D eigenvalue weighted by Crippen LogP contribution is -2.43. The first-order chi connectivity index (χ1) is 13.6. The van der Waals surface area contributed by atoms with Crippen LogP contribution in [-0.2, 0) is 4.79 Å². The molecule has 142 valence electrons. The Morgan fingerprint density at radius 3 is 2.21 bits per heavy atom. The number of rotatable bonds is 7. The lowest BCUT2D eigenvalue weighted by Gasteiger charge is -2.24. The monoisotopic (exact) mass is 377 g/mol. The highest BCUT2D eigenvalue weighted by Gasteiger charge is 2.37. The highest BCUT2D eigenvalue weighted by Crippen LogP contribution is 2.24. The lowest BCUT2D eigenvalue weighted by molar-refractivity contribution is -0.118. The number of hydrogen-bond acceptors (Lipinski definition) is 5. The van der Waals surface area contributed by atoms with Gasteiger partial charge in [0.2, 0.25) is 5.91 Å². The van der Waals surface area contributed by atoms with Crippen LogP contribution in [0.25, 0.3) is 0 Å². The van der Waals surface area contributed by atoms with Crippen LogP contribution in [0.4, 0.5) is 5.69 Å². The van der Waals surface area contributed by atoms with Gasteiger partial charge in [-0.05, 0) is 43.3 Å². The fourth-order valence-electron chi connectivity index (χ4n) is 3.05. The van der Waals surface area contributed by atoms with Crippen LogP contribution >= 0.6 is 0 Å². The number of nitrogens with zero attached hydrogens (tertiary/aromatic N) is 3.